The van der Waals surface area contributed by atoms with Crippen molar-refractivity contribution in [2.75, 3.05) is 7.05 Å². The molecule has 2 heterocycles. The third-order valence-corrected chi connectivity index (χ3v) is 4.83. The van der Waals surface area contributed by atoms with E-state index in [4.69, 9.17) is 5.73 Å². The molecule has 0 bridgehead atoms. The van der Waals surface area contributed by atoms with Crippen LogP contribution in [0.1, 0.15) is 50.2 Å². The van der Waals surface area contributed by atoms with Crippen LogP contribution in [0, 0.1) is 5.92 Å². The van der Waals surface area contributed by atoms with Crippen LogP contribution in [-0.4, -0.2) is 38.7 Å². The van der Waals surface area contributed by atoms with Gasteiger partial charge in [-0.25, -0.2) is 0 Å². The molecule has 1 aliphatic heterocycles. The highest BCUT2D eigenvalue weighted by atomic mass is 16.2. The van der Waals surface area contributed by atoms with Crippen LogP contribution >= 0.6 is 0 Å². The van der Waals surface area contributed by atoms with Gasteiger partial charge in [0.25, 0.3) is 0 Å². The molecule has 2 atom stereocenters. The van der Waals surface area contributed by atoms with Gasteiger partial charge in [0.15, 0.2) is 5.82 Å². The summed E-state index contributed by atoms with van der Waals surface area (Å²) in [4.78, 5) is 14.5. The summed E-state index contributed by atoms with van der Waals surface area (Å²) >= 11 is 0. The molecule has 1 fully saturated rings. The number of carbonyl (C=O) groups excluding carboxylic acids is 1. The second kappa shape index (κ2) is 6.13. The number of aromatic nitrogens is 3. The predicted molar refractivity (Wildman–Crippen MR) is 79.4 cm³/mol. The molecule has 0 radical (unpaired) electrons. The van der Waals surface area contributed by atoms with Crippen LogP contribution in [0.3, 0.4) is 0 Å². The van der Waals surface area contributed by atoms with Crippen LogP contribution < -0.4 is 5.73 Å². The molecule has 0 spiro atoms. The average molecular weight is 291 g/mol. The molecule has 1 amide bonds. The molecule has 116 valence electrons. The largest absolute Gasteiger partial charge is 0.338 e. The standard InChI is InChI=1S/C15H25N5O/c1-19(10-14-18-17-13-8-5-9-20(13)14)15(21)11-6-3-2-4-7-12(11)16/h11-12H,2-10,16H2,1H3. The number of carbonyl (C=O) groups is 1. The van der Waals surface area contributed by atoms with Gasteiger partial charge in [0.1, 0.15) is 5.82 Å². The molecular weight excluding hydrogens is 266 g/mol. The van der Waals surface area contributed by atoms with Crippen molar-refractivity contribution in [3.8, 4) is 0 Å². The Kier molecular flexibility index (Phi) is 4.24. The summed E-state index contributed by atoms with van der Waals surface area (Å²) in [7, 11) is 1.86. The topological polar surface area (TPSA) is 77.0 Å². The number of hydrogen-bond donors (Lipinski definition) is 1. The van der Waals surface area contributed by atoms with E-state index in [1.165, 1.54) is 6.42 Å². The van der Waals surface area contributed by atoms with E-state index in [1.54, 1.807) is 4.90 Å². The summed E-state index contributed by atoms with van der Waals surface area (Å²) < 4.78 is 2.15. The predicted octanol–water partition coefficient (Wildman–Crippen LogP) is 1.09. The minimum atomic E-state index is -0.0292. The third-order valence-electron chi connectivity index (χ3n) is 4.83. The quantitative estimate of drug-likeness (QED) is 0.846. The van der Waals surface area contributed by atoms with Crippen molar-refractivity contribution in [3.63, 3.8) is 0 Å². The van der Waals surface area contributed by atoms with E-state index in [-0.39, 0.29) is 17.9 Å². The minimum absolute atomic E-state index is 0.00608. The SMILES string of the molecule is CN(Cc1nnc2n1CCC2)C(=O)C1CCCCCC1N. The molecule has 2 N–H and O–H groups in total. The van der Waals surface area contributed by atoms with Gasteiger partial charge in [0, 0.05) is 26.1 Å². The number of hydrogen-bond acceptors (Lipinski definition) is 4. The van der Waals surface area contributed by atoms with Gasteiger partial charge in [-0.1, -0.05) is 19.3 Å². The van der Waals surface area contributed by atoms with E-state index in [9.17, 15) is 4.79 Å². The Hall–Kier alpha value is -1.43. The molecule has 2 unspecified atom stereocenters. The maximum Gasteiger partial charge on any atom is 0.227 e. The van der Waals surface area contributed by atoms with E-state index < -0.39 is 0 Å². The van der Waals surface area contributed by atoms with Crippen LogP contribution in [0.25, 0.3) is 0 Å². The number of nitrogens with two attached hydrogens (primary N) is 1. The molecular formula is C15H25N5O. The Morgan fingerprint density at radius 3 is 2.95 bits per heavy atom. The van der Waals surface area contributed by atoms with Gasteiger partial charge in [-0.3, -0.25) is 4.79 Å². The number of amides is 1. The van der Waals surface area contributed by atoms with E-state index in [1.807, 2.05) is 7.05 Å². The molecule has 1 aromatic heterocycles. The van der Waals surface area contributed by atoms with Crippen LogP contribution in [0.2, 0.25) is 0 Å². The van der Waals surface area contributed by atoms with Crippen molar-refractivity contribution in [2.24, 2.45) is 11.7 Å². The average Bonchev–Trinajstić information content (AvgIpc) is 3.00. The highest BCUT2D eigenvalue weighted by molar-refractivity contribution is 5.79. The fourth-order valence-corrected chi connectivity index (χ4v) is 3.54. The van der Waals surface area contributed by atoms with Crippen molar-refractivity contribution in [1.82, 2.24) is 19.7 Å². The second-order valence-electron chi connectivity index (χ2n) is 6.39. The van der Waals surface area contributed by atoms with E-state index in [0.717, 1.165) is 56.7 Å². The summed E-state index contributed by atoms with van der Waals surface area (Å²) in [6.45, 7) is 1.51. The lowest BCUT2D eigenvalue weighted by Crippen LogP contribution is -2.42. The fourth-order valence-electron chi connectivity index (χ4n) is 3.54. The van der Waals surface area contributed by atoms with Gasteiger partial charge in [-0.2, -0.15) is 0 Å². The monoisotopic (exact) mass is 291 g/mol. The normalized spacial score (nSPS) is 25.4. The molecule has 3 rings (SSSR count). The fraction of sp³-hybridized carbons (Fsp3) is 0.800. The Morgan fingerprint density at radius 1 is 1.29 bits per heavy atom. The number of nitrogens with zero attached hydrogens (tertiary/aromatic N) is 4. The van der Waals surface area contributed by atoms with Gasteiger partial charge in [0.2, 0.25) is 5.91 Å². The molecule has 6 heteroatoms. The molecule has 0 saturated heterocycles. The lowest BCUT2D eigenvalue weighted by atomic mass is 9.94. The zero-order valence-electron chi connectivity index (χ0n) is 12.8. The first-order valence-electron chi connectivity index (χ1n) is 8.08. The summed E-state index contributed by atoms with van der Waals surface area (Å²) in [6.07, 6.45) is 7.46. The van der Waals surface area contributed by atoms with Crippen molar-refractivity contribution in [3.05, 3.63) is 11.6 Å². The highest BCUT2D eigenvalue weighted by Gasteiger charge is 2.30. The van der Waals surface area contributed by atoms with Crippen LogP contribution in [0.15, 0.2) is 0 Å². The van der Waals surface area contributed by atoms with Crippen molar-refractivity contribution < 1.29 is 4.79 Å². The van der Waals surface area contributed by atoms with Crippen molar-refractivity contribution in [2.45, 2.75) is 64.1 Å². The first-order chi connectivity index (χ1) is 10.2. The maximum atomic E-state index is 12.7. The number of rotatable bonds is 3. The van der Waals surface area contributed by atoms with Gasteiger partial charge in [-0.15, -0.1) is 10.2 Å². The van der Waals surface area contributed by atoms with Gasteiger partial charge >= 0.3 is 0 Å². The van der Waals surface area contributed by atoms with Gasteiger partial charge in [-0.05, 0) is 19.3 Å². The van der Waals surface area contributed by atoms with Crippen molar-refractivity contribution >= 4 is 5.91 Å². The number of aryl methyl sites for hydroxylation is 1. The summed E-state index contributed by atoms with van der Waals surface area (Å²) in [5, 5.41) is 8.43. The van der Waals surface area contributed by atoms with E-state index >= 15 is 0 Å². The van der Waals surface area contributed by atoms with Crippen LogP contribution in [0.5, 0.6) is 0 Å². The van der Waals surface area contributed by atoms with E-state index in [0.29, 0.717) is 6.54 Å². The first-order valence-corrected chi connectivity index (χ1v) is 8.08. The summed E-state index contributed by atoms with van der Waals surface area (Å²) in [5.41, 5.74) is 6.20. The van der Waals surface area contributed by atoms with Crippen LogP contribution in [0.4, 0.5) is 0 Å². The van der Waals surface area contributed by atoms with E-state index in [2.05, 4.69) is 14.8 Å². The Balaban J connectivity index is 1.66. The smallest absolute Gasteiger partial charge is 0.227 e. The van der Waals surface area contributed by atoms with Crippen molar-refractivity contribution in [1.29, 1.82) is 0 Å². The lowest BCUT2D eigenvalue weighted by molar-refractivity contribution is -0.135. The number of fused-ring (bicyclic) bond motifs is 1. The molecule has 1 aromatic rings. The van der Waals surface area contributed by atoms with Gasteiger partial charge in [0.05, 0.1) is 12.5 Å². The first kappa shape index (κ1) is 14.5. The Bertz CT molecular complexity index is 512. The van der Waals surface area contributed by atoms with Crippen LogP contribution in [-0.2, 0) is 24.3 Å². The summed E-state index contributed by atoms with van der Waals surface area (Å²) in [6, 6.07) is 0.00608. The molecule has 2 aliphatic rings. The highest BCUT2D eigenvalue weighted by Crippen LogP contribution is 2.24. The zero-order chi connectivity index (χ0) is 14.8. The summed E-state index contributed by atoms with van der Waals surface area (Å²) in [5.74, 6) is 2.09. The molecule has 1 aliphatic carbocycles. The van der Waals surface area contributed by atoms with Gasteiger partial charge < -0.3 is 15.2 Å². The third kappa shape index (κ3) is 2.95. The molecule has 1 saturated carbocycles. The molecule has 0 aromatic carbocycles. The molecule has 21 heavy (non-hydrogen) atoms. The molecule has 6 nitrogen and oxygen atoms in total. The minimum Gasteiger partial charge on any atom is -0.338 e. The zero-order valence-corrected chi connectivity index (χ0v) is 12.8. The second-order valence-corrected chi connectivity index (χ2v) is 6.39. The lowest BCUT2D eigenvalue weighted by Gasteiger charge is -2.26. The Labute approximate surface area is 125 Å². The maximum absolute atomic E-state index is 12.7. The Morgan fingerprint density at radius 2 is 2.10 bits per heavy atom.